The average molecular weight is 223 g/mol. The number of nitrogens with zero attached hydrogens (tertiary/aromatic N) is 2. The molecule has 0 saturated heterocycles. The predicted octanol–water partition coefficient (Wildman–Crippen LogP) is 2.30. The Morgan fingerprint density at radius 2 is 2.47 bits per heavy atom. The van der Waals surface area contributed by atoms with Gasteiger partial charge in [0.1, 0.15) is 5.69 Å². The maximum absolute atomic E-state index is 5.19. The summed E-state index contributed by atoms with van der Waals surface area (Å²) in [6.45, 7) is 3.89. The summed E-state index contributed by atoms with van der Waals surface area (Å²) in [4.78, 5) is 4.16. The SMILES string of the molecule is CCCNCc1cc(-c2cscn2)on1. The van der Waals surface area contributed by atoms with E-state index in [-0.39, 0.29) is 0 Å². The van der Waals surface area contributed by atoms with Crippen LogP contribution >= 0.6 is 11.3 Å². The van der Waals surface area contributed by atoms with Gasteiger partial charge >= 0.3 is 0 Å². The summed E-state index contributed by atoms with van der Waals surface area (Å²) in [5.41, 5.74) is 3.56. The Hall–Kier alpha value is -1.20. The molecule has 0 unspecified atom stereocenters. The van der Waals surface area contributed by atoms with Gasteiger partial charge in [-0.15, -0.1) is 11.3 Å². The van der Waals surface area contributed by atoms with Crippen LogP contribution in [0, 0.1) is 0 Å². The third kappa shape index (κ3) is 2.64. The first-order chi connectivity index (χ1) is 7.40. The summed E-state index contributed by atoms with van der Waals surface area (Å²) >= 11 is 1.55. The van der Waals surface area contributed by atoms with Crippen LogP contribution in [-0.2, 0) is 6.54 Å². The van der Waals surface area contributed by atoms with Crippen LogP contribution in [0.25, 0.3) is 11.5 Å². The summed E-state index contributed by atoms with van der Waals surface area (Å²) in [6, 6.07) is 1.93. The Labute approximate surface area is 92.3 Å². The van der Waals surface area contributed by atoms with E-state index in [1.165, 1.54) is 0 Å². The molecule has 0 amide bonds. The minimum atomic E-state index is 0.740. The van der Waals surface area contributed by atoms with E-state index in [1.807, 2.05) is 11.4 Å². The van der Waals surface area contributed by atoms with Crippen molar-refractivity contribution in [2.24, 2.45) is 0 Å². The Bertz CT molecular complexity index is 396. The topological polar surface area (TPSA) is 51.0 Å². The van der Waals surface area contributed by atoms with E-state index < -0.39 is 0 Å². The van der Waals surface area contributed by atoms with Gasteiger partial charge in [-0.3, -0.25) is 0 Å². The maximum atomic E-state index is 5.19. The smallest absolute Gasteiger partial charge is 0.186 e. The van der Waals surface area contributed by atoms with Crippen molar-refractivity contribution in [1.82, 2.24) is 15.5 Å². The normalized spacial score (nSPS) is 10.7. The molecule has 80 valence electrons. The molecule has 0 aliphatic rings. The zero-order valence-corrected chi connectivity index (χ0v) is 9.38. The van der Waals surface area contributed by atoms with E-state index >= 15 is 0 Å². The zero-order valence-electron chi connectivity index (χ0n) is 8.56. The third-order valence-corrected chi connectivity index (χ3v) is 2.56. The molecule has 2 heterocycles. The zero-order chi connectivity index (χ0) is 10.5. The molecule has 4 nitrogen and oxygen atoms in total. The second kappa shape index (κ2) is 5.04. The lowest BCUT2D eigenvalue weighted by atomic mass is 10.3. The lowest BCUT2D eigenvalue weighted by Crippen LogP contribution is -2.13. The Morgan fingerprint density at radius 3 is 3.20 bits per heavy atom. The van der Waals surface area contributed by atoms with E-state index in [9.17, 15) is 0 Å². The molecule has 0 aromatic carbocycles. The molecule has 5 heteroatoms. The van der Waals surface area contributed by atoms with Gasteiger partial charge < -0.3 is 9.84 Å². The Balaban J connectivity index is 1.98. The van der Waals surface area contributed by atoms with Crippen LogP contribution in [0.4, 0.5) is 0 Å². The van der Waals surface area contributed by atoms with Gasteiger partial charge in [0.25, 0.3) is 0 Å². The summed E-state index contributed by atoms with van der Waals surface area (Å²) in [5, 5.41) is 9.19. The second-order valence-corrected chi connectivity index (χ2v) is 3.95. The molecule has 0 aliphatic heterocycles. The summed E-state index contributed by atoms with van der Waals surface area (Å²) < 4.78 is 5.19. The highest BCUT2D eigenvalue weighted by molar-refractivity contribution is 7.07. The van der Waals surface area contributed by atoms with Crippen molar-refractivity contribution in [3.8, 4) is 11.5 Å². The molecule has 0 radical (unpaired) electrons. The fourth-order valence-corrected chi connectivity index (χ4v) is 1.78. The lowest BCUT2D eigenvalue weighted by molar-refractivity contribution is 0.419. The van der Waals surface area contributed by atoms with Crippen molar-refractivity contribution >= 4 is 11.3 Å². The highest BCUT2D eigenvalue weighted by Crippen LogP contribution is 2.19. The minimum Gasteiger partial charge on any atom is -0.354 e. The van der Waals surface area contributed by atoms with Gasteiger partial charge in [0.15, 0.2) is 5.76 Å². The standard InChI is InChI=1S/C10H13N3OS/c1-2-3-11-5-8-4-10(14-13-8)9-6-15-7-12-9/h4,6-7,11H,2-3,5H2,1H3. The fraction of sp³-hybridized carbons (Fsp3) is 0.400. The predicted molar refractivity (Wildman–Crippen MR) is 59.6 cm³/mol. The summed E-state index contributed by atoms with van der Waals surface area (Å²) in [6.07, 6.45) is 1.12. The number of nitrogens with one attached hydrogen (secondary N) is 1. The lowest BCUT2D eigenvalue weighted by Gasteiger charge is -1.96. The second-order valence-electron chi connectivity index (χ2n) is 3.23. The van der Waals surface area contributed by atoms with Crippen LogP contribution < -0.4 is 5.32 Å². The Kier molecular flexibility index (Phi) is 3.47. The molecule has 0 bridgehead atoms. The number of thiazole rings is 1. The summed E-state index contributed by atoms with van der Waals surface area (Å²) in [7, 11) is 0. The first kappa shape index (κ1) is 10.3. The number of hydrogen-bond donors (Lipinski definition) is 1. The largest absolute Gasteiger partial charge is 0.354 e. The molecular formula is C10H13N3OS. The molecular weight excluding hydrogens is 210 g/mol. The highest BCUT2D eigenvalue weighted by Gasteiger charge is 2.07. The van der Waals surface area contributed by atoms with E-state index in [4.69, 9.17) is 4.52 Å². The molecule has 0 saturated carbocycles. The summed E-state index contributed by atoms with van der Waals surface area (Å²) in [5.74, 6) is 0.740. The quantitative estimate of drug-likeness (QED) is 0.790. The van der Waals surface area contributed by atoms with Gasteiger partial charge in [-0.2, -0.15) is 0 Å². The molecule has 0 atom stereocenters. The van der Waals surface area contributed by atoms with Gasteiger partial charge in [-0.1, -0.05) is 12.1 Å². The van der Waals surface area contributed by atoms with Crippen LogP contribution in [0.5, 0.6) is 0 Å². The van der Waals surface area contributed by atoms with Crippen molar-refractivity contribution in [2.75, 3.05) is 6.54 Å². The van der Waals surface area contributed by atoms with Gasteiger partial charge in [-0.05, 0) is 13.0 Å². The Morgan fingerprint density at radius 1 is 1.53 bits per heavy atom. The van der Waals surface area contributed by atoms with Gasteiger partial charge in [-0.25, -0.2) is 4.98 Å². The maximum Gasteiger partial charge on any atom is 0.186 e. The van der Waals surface area contributed by atoms with E-state index in [0.29, 0.717) is 0 Å². The molecule has 2 rings (SSSR count). The van der Waals surface area contributed by atoms with Gasteiger partial charge in [0.2, 0.25) is 0 Å². The number of rotatable bonds is 5. The van der Waals surface area contributed by atoms with Crippen LogP contribution in [0.15, 0.2) is 21.5 Å². The molecule has 2 aromatic rings. The van der Waals surface area contributed by atoms with Crippen LogP contribution in [0.2, 0.25) is 0 Å². The van der Waals surface area contributed by atoms with Crippen LogP contribution in [0.3, 0.4) is 0 Å². The monoisotopic (exact) mass is 223 g/mol. The van der Waals surface area contributed by atoms with Crippen molar-refractivity contribution in [1.29, 1.82) is 0 Å². The van der Waals surface area contributed by atoms with Gasteiger partial charge in [0, 0.05) is 18.0 Å². The van der Waals surface area contributed by atoms with E-state index in [2.05, 4.69) is 22.4 Å². The highest BCUT2D eigenvalue weighted by atomic mass is 32.1. The van der Waals surface area contributed by atoms with Crippen molar-refractivity contribution in [3.05, 3.63) is 22.7 Å². The molecule has 2 aromatic heterocycles. The molecule has 0 aliphatic carbocycles. The average Bonchev–Trinajstić information content (AvgIpc) is 2.87. The molecule has 0 spiro atoms. The first-order valence-electron chi connectivity index (χ1n) is 4.95. The fourth-order valence-electron chi connectivity index (χ4n) is 1.24. The molecule has 15 heavy (non-hydrogen) atoms. The minimum absolute atomic E-state index is 0.740. The van der Waals surface area contributed by atoms with Crippen molar-refractivity contribution in [3.63, 3.8) is 0 Å². The van der Waals surface area contributed by atoms with Crippen molar-refractivity contribution in [2.45, 2.75) is 19.9 Å². The van der Waals surface area contributed by atoms with Gasteiger partial charge in [0.05, 0.1) is 11.2 Å². The third-order valence-electron chi connectivity index (χ3n) is 1.98. The van der Waals surface area contributed by atoms with Crippen LogP contribution in [0.1, 0.15) is 19.0 Å². The van der Waals surface area contributed by atoms with Crippen LogP contribution in [-0.4, -0.2) is 16.7 Å². The first-order valence-corrected chi connectivity index (χ1v) is 5.89. The van der Waals surface area contributed by atoms with E-state index in [0.717, 1.165) is 36.7 Å². The van der Waals surface area contributed by atoms with Crippen molar-refractivity contribution < 1.29 is 4.52 Å². The number of hydrogen-bond acceptors (Lipinski definition) is 5. The molecule has 1 N–H and O–H groups in total. The number of aromatic nitrogens is 2. The molecule has 0 fully saturated rings. The van der Waals surface area contributed by atoms with E-state index in [1.54, 1.807) is 16.8 Å².